The highest BCUT2D eigenvalue weighted by molar-refractivity contribution is 6.02. The van der Waals surface area contributed by atoms with Crippen LogP contribution >= 0.6 is 0 Å². The van der Waals surface area contributed by atoms with Gasteiger partial charge in [-0.25, -0.2) is 0 Å². The van der Waals surface area contributed by atoms with Crippen molar-refractivity contribution in [2.24, 2.45) is 0 Å². The number of rotatable bonds is 0. The SMILES string of the molecule is O=C1CCC2(CC1)NC(=O)c1ccccc1N2. The van der Waals surface area contributed by atoms with Gasteiger partial charge in [0.2, 0.25) is 0 Å². The van der Waals surface area contributed by atoms with Crippen molar-refractivity contribution in [3.63, 3.8) is 0 Å². The molecule has 1 saturated carbocycles. The van der Waals surface area contributed by atoms with Crippen LogP contribution < -0.4 is 10.6 Å². The van der Waals surface area contributed by atoms with Gasteiger partial charge in [0.15, 0.2) is 0 Å². The molecule has 4 heteroatoms. The molecule has 1 aromatic rings. The molecule has 0 bridgehead atoms. The highest BCUT2D eigenvalue weighted by atomic mass is 16.2. The molecule has 1 aliphatic heterocycles. The van der Waals surface area contributed by atoms with E-state index in [1.54, 1.807) is 6.07 Å². The summed E-state index contributed by atoms with van der Waals surface area (Å²) < 4.78 is 0. The predicted molar refractivity (Wildman–Crippen MR) is 63.7 cm³/mol. The van der Waals surface area contributed by atoms with Crippen LogP contribution in [0.1, 0.15) is 36.0 Å². The molecule has 0 radical (unpaired) electrons. The fourth-order valence-corrected chi connectivity index (χ4v) is 2.57. The number of hydrogen-bond acceptors (Lipinski definition) is 3. The molecule has 4 nitrogen and oxygen atoms in total. The lowest BCUT2D eigenvalue weighted by Crippen LogP contribution is -2.59. The number of carbonyl (C=O) groups excluding carboxylic acids is 2. The van der Waals surface area contributed by atoms with E-state index < -0.39 is 5.66 Å². The number of amides is 1. The van der Waals surface area contributed by atoms with E-state index in [0.717, 1.165) is 5.69 Å². The first-order valence-electron chi connectivity index (χ1n) is 5.90. The average molecular weight is 230 g/mol. The Labute approximate surface area is 99.4 Å². The molecule has 2 N–H and O–H groups in total. The number of hydrogen-bond donors (Lipinski definition) is 2. The summed E-state index contributed by atoms with van der Waals surface area (Å²) >= 11 is 0. The lowest BCUT2D eigenvalue weighted by molar-refractivity contribution is -0.121. The third kappa shape index (κ3) is 1.69. The van der Waals surface area contributed by atoms with E-state index >= 15 is 0 Å². The first-order valence-corrected chi connectivity index (χ1v) is 5.90. The normalized spacial score (nSPS) is 21.6. The summed E-state index contributed by atoms with van der Waals surface area (Å²) in [7, 11) is 0. The van der Waals surface area contributed by atoms with Gasteiger partial charge in [0.1, 0.15) is 11.4 Å². The van der Waals surface area contributed by atoms with Gasteiger partial charge in [-0.15, -0.1) is 0 Å². The molecule has 0 aromatic heterocycles. The molecule has 1 heterocycles. The van der Waals surface area contributed by atoms with Gasteiger partial charge in [-0.1, -0.05) is 12.1 Å². The molecule has 1 aliphatic carbocycles. The number of nitrogens with one attached hydrogen (secondary N) is 2. The van der Waals surface area contributed by atoms with Crippen molar-refractivity contribution >= 4 is 17.4 Å². The molecule has 0 saturated heterocycles. The summed E-state index contributed by atoms with van der Waals surface area (Å²) in [6.07, 6.45) is 2.42. The quantitative estimate of drug-likeness (QED) is 0.713. The maximum Gasteiger partial charge on any atom is 0.255 e. The van der Waals surface area contributed by atoms with Crippen LogP contribution in [0.4, 0.5) is 5.69 Å². The number of fused-ring (bicyclic) bond motifs is 1. The Morgan fingerprint density at radius 2 is 1.71 bits per heavy atom. The molecule has 88 valence electrons. The highest BCUT2D eigenvalue weighted by Crippen LogP contribution is 2.33. The van der Waals surface area contributed by atoms with Crippen molar-refractivity contribution in [1.82, 2.24) is 5.32 Å². The van der Waals surface area contributed by atoms with Gasteiger partial charge in [0.25, 0.3) is 5.91 Å². The van der Waals surface area contributed by atoms with Crippen LogP contribution in [-0.4, -0.2) is 17.4 Å². The molecule has 1 spiro atoms. The lowest BCUT2D eigenvalue weighted by Gasteiger charge is -2.42. The standard InChI is InChI=1S/C13H14N2O2/c16-9-5-7-13(8-6-9)14-11-4-2-1-3-10(11)12(17)15-13/h1-4,14H,5-8H2,(H,15,17). The summed E-state index contributed by atoms with van der Waals surface area (Å²) in [5.74, 6) is 0.235. The monoisotopic (exact) mass is 230 g/mol. The Kier molecular flexibility index (Phi) is 2.18. The molecule has 1 aromatic carbocycles. The Morgan fingerprint density at radius 3 is 2.47 bits per heavy atom. The van der Waals surface area contributed by atoms with Crippen molar-refractivity contribution in [3.8, 4) is 0 Å². The fraction of sp³-hybridized carbons (Fsp3) is 0.385. The zero-order chi connectivity index (χ0) is 11.9. The maximum atomic E-state index is 12.0. The number of para-hydroxylation sites is 1. The van der Waals surface area contributed by atoms with Crippen LogP contribution in [0.15, 0.2) is 24.3 Å². The van der Waals surface area contributed by atoms with E-state index in [1.165, 1.54) is 0 Å². The second kappa shape index (κ2) is 3.58. The molecule has 17 heavy (non-hydrogen) atoms. The van der Waals surface area contributed by atoms with E-state index in [9.17, 15) is 9.59 Å². The van der Waals surface area contributed by atoms with E-state index in [1.807, 2.05) is 18.2 Å². The van der Waals surface area contributed by atoms with Crippen LogP contribution in [0, 0.1) is 0 Å². The summed E-state index contributed by atoms with van der Waals surface area (Å²) in [6.45, 7) is 0. The third-order valence-corrected chi connectivity index (χ3v) is 3.56. The Hall–Kier alpha value is -1.84. The van der Waals surface area contributed by atoms with Crippen molar-refractivity contribution < 1.29 is 9.59 Å². The van der Waals surface area contributed by atoms with E-state index in [2.05, 4.69) is 10.6 Å². The second-order valence-corrected chi connectivity index (χ2v) is 4.75. The molecule has 3 rings (SSSR count). The van der Waals surface area contributed by atoms with Crippen LogP contribution in [0.5, 0.6) is 0 Å². The van der Waals surface area contributed by atoms with E-state index in [-0.39, 0.29) is 11.7 Å². The lowest BCUT2D eigenvalue weighted by atomic mass is 9.86. The van der Waals surface area contributed by atoms with Crippen molar-refractivity contribution in [2.45, 2.75) is 31.3 Å². The Balaban J connectivity index is 1.93. The Morgan fingerprint density at radius 1 is 1.00 bits per heavy atom. The largest absolute Gasteiger partial charge is 0.362 e. The number of anilines is 1. The molecule has 0 atom stereocenters. The third-order valence-electron chi connectivity index (χ3n) is 3.56. The van der Waals surface area contributed by atoms with Gasteiger partial charge in [-0.3, -0.25) is 9.59 Å². The fourth-order valence-electron chi connectivity index (χ4n) is 2.57. The molecule has 1 fully saturated rings. The van der Waals surface area contributed by atoms with E-state index in [0.29, 0.717) is 31.2 Å². The first kappa shape index (κ1) is 10.3. The predicted octanol–water partition coefficient (Wildman–Crippen LogP) is 1.68. The van der Waals surface area contributed by atoms with Gasteiger partial charge in [-0.05, 0) is 25.0 Å². The van der Waals surface area contributed by atoms with Gasteiger partial charge in [0.05, 0.1) is 5.56 Å². The van der Waals surface area contributed by atoms with E-state index in [4.69, 9.17) is 0 Å². The van der Waals surface area contributed by atoms with Crippen LogP contribution in [0.3, 0.4) is 0 Å². The molecular formula is C13H14N2O2. The van der Waals surface area contributed by atoms with Gasteiger partial charge in [-0.2, -0.15) is 0 Å². The number of carbonyl (C=O) groups is 2. The number of Topliss-reactive ketones (excluding diaryl/α,β-unsaturated/α-hetero) is 1. The topological polar surface area (TPSA) is 58.2 Å². The minimum Gasteiger partial charge on any atom is -0.362 e. The molecule has 1 amide bonds. The minimum absolute atomic E-state index is 0.0475. The van der Waals surface area contributed by atoms with Crippen LogP contribution in [0.25, 0.3) is 0 Å². The minimum atomic E-state index is -0.417. The van der Waals surface area contributed by atoms with Crippen molar-refractivity contribution in [1.29, 1.82) is 0 Å². The van der Waals surface area contributed by atoms with Crippen molar-refractivity contribution in [2.75, 3.05) is 5.32 Å². The van der Waals surface area contributed by atoms with Crippen LogP contribution in [0.2, 0.25) is 0 Å². The average Bonchev–Trinajstić information content (AvgIpc) is 2.34. The Bertz CT molecular complexity index is 486. The van der Waals surface area contributed by atoms with Crippen molar-refractivity contribution in [3.05, 3.63) is 29.8 Å². The first-order chi connectivity index (χ1) is 8.19. The smallest absolute Gasteiger partial charge is 0.255 e. The zero-order valence-electron chi connectivity index (χ0n) is 9.45. The number of benzene rings is 1. The molecular weight excluding hydrogens is 216 g/mol. The highest BCUT2D eigenvalue weighted by Gasteiger charge is 2.39. The van der Waals surface area contributed by atoms with Gasteiger partial charge in [0, 0.05) is 18.5 Å². The van der Waals surface area contributed by atoms with Gasteiger partial charge >= 0.3 is 0 Å². The number of ketones is 1. The summed E-state index contributed by atoms with van der Waals surface area (Å²) in [4.78, 5) is 23.3. The zero-order valence-corrected chi connectivity index (χ0v) is 9.45. The summed E-state index contributed by atoms with van der Waals surface area (Å²) in [5.41, 5.74) is 1.12. The molecule has 0 unspecified atom stereocenters. The van der Waals surface area contributed by atoms with Crippen LogP contribution in [-0.2, 0) is 4.79 Å². The summed E-state index contributed by atoms with van der Waals surface area (Å²) in [5, 5.41) is 6.39. The molecule has 2 aliphatic rings. The second-order valence-electron chi connectivity index (χ2n) is 4.75. The summed E-state index contributed by atoms with van der Waals surface area (Å²) in [6, 6.07) is 7.47. The van der Waals surface area contributed by atoms with Gasteiger partial charge < -0.3 is 10.6 Å². The maximum absolute atomic E-state index is 12.0.